The van der Waals surface area contributed by atoms with Crippen molar-refractivity contribution in [3.8, 4) is 22.8 Å². The first kappa shape index (κ1) is 24.8. The van der Waals surface area contributed by atoms with Crippen molar-refractivity contribution in [1.82, 2.24) is 4.98 Å². The van der Waals surface area contributed by atoms with Gasteiger partial charge in [0.2, 0.25) is 0 Å². The largest absolute Gasteiger partial charge is 0.490 e. The molecular formula is C30H39NO2. The Morgan fingerprint density at radius 1 is 0.848 bits per heavy atom. The highest BCUT2D eigenvalue weighted by molar-refractivity contribution is 5.70. The smallest absolute Gasteiger partial charge is 0.130 e. The molecule has 0 spiro atoms. The Hall–Kier alpha value is -2.81. The van der Waals surface area contributed by atoms with Crippen LogP contribution in [0.1, 0.15) is 81.0 Å². The molecule has 0 atom stereocenters. The second kappa shape index (κ2) is 10.9. The predicted octanol–water partition coefficient (Wildman–Crippen LogP) is 7.98. The van der Waals surface area contributed by atoms with E-state index < -0.39 is 0 Å². The van der Waals surface area contributed by atoms with Crippen LogP contribution in [-0.2, 0) is 19.4 Å². The molecule has 2 aromatic carbocycles. The standard InChI is InChI=1S/C30H39NO2/c1-9-23-12-11-13-24(10-2)30(23)27-17-29(33-20(5)6)26(22(8)31-27)18-32-28-16-25(19(3)4)15-14-21(28)7/h11-17,19-20H,9-10,18H2,1-8H3. The van der Waals surface area contributed by atoms with Crippen molar-refractivity contribution < 1.29 is 9.47 Å². The summed E-state index contributed by atoms with van der Waals surface area (Å²) in [6.07, 6.45) is 2.01. The number of benzene rings is 2. The lowest BCUT2D eigenvalue weighted by Gasteiger charge is -2.20. The SMILES string of the molecule is CCc1cccc(CC)c1-c1cc(OC(C)C)c(COc2cc(C(C)C)ccc2C)c(C)n1. The number of hydrogen-bond acceptors (Lipinski definition) is 3. The van der Waals surface area contributed by atoms with E-state index in [2.05, 4.69) is 97.9 Å². The molecule has 176 valence electrons. The monoisotopic (exact) mass is 445 g/mol. The first-order chi connectivity index (χ1) is 15.7. The van der Waals surface area contributed by atoms with Crippen molar-refractivity contribution in [2.24, 2.45) is 0 Å². The summed E-state index contributed by atoms with van der Waals surface area (Å²) < 4.78 is 12.6. The van der Waals surface area contributed by atoms with Gasteiger partial charge in [-0.1, -0.05) is 58.0 Å². The lowest BCUT2D eigenvalue weighted by Crippen LogP contribution is -2.12. The number of ether oxygens (including phenoxy) is 2. The molecule has 0 N–H and O–H groups in total. The first-order valence-electron chi connectivity index (χ1n) is 12.3. The van der Waals surface area contributed by atoms with Crippen LogP contribution in [0.15, 0.2) is 42.5 Å². The van der Waals surface area contributed by atoms with E-state index in [1.807, 2.05) is 0 Å². The predicted molar refractivity (Wildman–Crippen MR) is 139 cm³/mol. The van der Waals surface area contributed by atoms with Crippen LogP contribution in [0.2, 0.25) is 0 Å². The Labute approximate surface area is 200 Å². The van der Waals surface area contributed by atoms with Gasteiger partial charge in [-0.2, -0.15) is 0 Å². The molecule has 0 radical (unpaired) electrons. The quantitative estimate of drug-likeness (QED) is 0.334. The summed E-state index contributed by atoms with van der Waals surface area (Å²) in [6.45, 7) is 17.5. The van der Waals surface area contributed by atoms with Crippen molar-refractivity contribution in [2.45, 2.75) is 86.9 Å². The number of rotatable bonds is 9. The van der Waals surface area contributed by atoms with Crippen LogP contribution in [0.25, 0.3) is 11.3 Å². The van der Waals surface area contributed by atoms with Gasteiger partial charge in [0.05, 0.1) is 17.4 Å². The van der Waals surface area contributed by atoms with E-state index in [0.29, 0.717) is 12.5 Å². The summed E-state index contributed by atoms with van der Waals surface area (Å²) in [6, 6.07) is 15.1. The van der Waals surface area contributed by atoms with Gasteiger partial charge in [0.15, 0.2) is 0 Å². The second-order valence-electron chi connectivity index (χ2n) is 9.36. The summed E-state index contributed by atoms with van der Waals surface area (Å²) in [5.41, 5.74) is 9.25. The minimum Gasteiger partial charge on any atom is -0.490 e. The number of aromatic nitrogens is 1. The maximum absolute atomic E-state index is 6.33. The summed E-state index contributed by atoms with van der Waals surface area (Å²) in [5, 5.41) is 0. The fraction of sp³-hybridized carbons (Fsp3) is 0.433. The maximum atomic E-state index is 6.33. The fourth-order valence-corrected chi connectivity index (χ4v) is 4.19. The van der Waals surface area contributed by atoms with E-state index in [4.69, 9.17) is 14.5 Å². The Morgan fingerprint density at radius 2 is 1.52 bits per heavy atom. The molecule has 0 aliphatic carbocycles. The minimum absolute atomic E-state index is 0.0662. The average Bonchev–Trinajstić information content (AvgIpc) is 2.78. The minimum atomic E-state index is 0.0662. The van der Waals surface area contributed by atoms with E-state index in [1.54, 1.807) is 0 Å². The Balaban J connectivity index is 2.03. The number of aryl methyl sites for hydroxylation is 4. The number of pyridine rings is 1. The molecule has 3 rings (SSSR count). The van der Waals surface area contributed by atoms with Gasteiger partial charge in [-0.25, -0.2) is 0 Å². The Morgan fingerprint density at radius 3 is 2.09 bits per heavy atom. The third-order valence-corrected chi connectivity index (χ3v) is 6.16. The Bertz CT molecular complexity index is 1080. The van der Waals surface area contributed by atoms with E-state index in [0.717, 1.165) is 46.9 Å². The molecule has 0 aliphatic rings. The molecule has 0 saturated heterocycles. The zero-order chi connectivity index (χ0) is 24.1. The van der Waals surface area contributed by atoms with Crippen molar-refractivity contribution in [3.05, 3.63) is 76.0 Å². The lowest BCUT2D eigenvalue weighted by molar-refractivity contribution is 0.229. The van der Waals surface area contributed by atoms with Gasteiger partial charge in [-0.15, -0.1) is 0 Å². The highest BCUT2D eigenvalue weighted by atomic mass is 16.5. The van der Waals surface area contributed by atoms with E-state index in [-0.39, 0.29) is 6.10 Å². The van der Waals surface area contributed by atoms with Gasteiger partial charge in [0, 0.05) is 17.3 Å². The summed E-state index contributed by atoms with van der Waals surface area (Å²) >= 11 is 0. The van der Waals surface area contributed by atoms with Crippen LogP contribution in [0.4, 0.5) is 0 Å². The fourth-order valence-electron chi connectivity index (χ4n) is 4.19. The first-order valence-corrected chi connectivity index (χ1v) is 12.3. The van der Waals surface area contributed by atoms with Crippen LogP contribution < -0.4 is 9.47 Å². The van der Waals surface area contributed by atoms with Crippen LogP contribution in [0.3, 0.4) is 0 Å². The van der Waals surface area contributed by atoms with E-state index in [1.165, 1.54) is 22.3 Å². The van der Waals surface area contributed by atoms with Gasteiger partial charge >= 0.3 is 0 Å². The molecule has 3 nitrogen and oxygen atoms in total. The molecule has 0 amide bonds. The van der Waals surface area contributed by atoms with Crippen LogP contribution in [0, 0.1) is 13.8 Å². The van der Waals surface area contributed by atoms with Gasteiger partial charge in [-0.3, -0.25) is 4.98 Å². The van der Waals surface area contributed by atoms with Crippen LogP contribution in [-0.4, -0.2) is 11.1 Å². The van der Waals surface area contributed by atoms with Crippen LogP contribution in [0.5, 0.6) is 11.5 Å². The normalized spacial score (nSPS) is 11.3. The zero-order valence-corrected chi connectivity index (χ0v) is 21.6. The zero-order valence-electron chi connectivity index (χ0n) is 21.6. The molecular weight excluding hydrogens is 406 g/mol. The molecule has 1 heterocycles. The topological polar surface area (TPSA) is 31.4 Å². The van der Waals surface area contributed by atoms with E-state index in [9.17, 15) is 0 Å². The number of hydrogen-bond donors (Lipinski definition) is 0. The van der Waals surface area contributed by atoms with Crippen LogP contribution >= 0.6 is 0 Å². The third-order valence-electron chi connectivity index (χ3n) is 6.16. The Kier molecular flexibility index (Phi) is 8.18. The van der Waals surface area contributed by atoms with Gasteiger partial charge < -0.3 is 9.47 Å². The van der Waals surface area contributed by atoms with Crippen molar-refractivity contribution in [2.75, 3.05) is 0 Å². The van der Waals surface area contributed by atoms with Gasteiger partial charge in [-0.05, 0) is 74.8 Å². The van der Waals surface area contributed by atoms with Crippen molar-refractivity contribution in [3.63, 3.8) is 0 Å². The highest BCUT2D eigenvalue weighted by Crippen LogP contribution is 2.34. The lowest BCUT2D eigenvalue weighted by atomic mass is 9.94. The van der Waals surface area contributed by atoms with Crippen molar-refractivity contribution in [1.29, 1.82) is 0 Å². The molecule has 33 heavy (non-hydrogen) atoms. The molecule has 3 aromatic rings. The highest BCUT2D eigenvalue weighted by Gasteiger charge is 2.18. The third kappa shape index (κ3) is 5.76. The molecule has 0 unspecified atom stereocenters. The number of nitrogens with zero attached hydrogens (tertiary/aromatic N) is 1. The van der Waals surface area contributed by atoms with Gasteiger partial charge in [0.25, 0.3) is 0 Å². The molecule has 0 bridgehead atoms. The summed E-state index contributed by atoms with van der Waals surface area (Å²) in [7, 11) is 0. The molecule has 1 aromatic heterocycles. The molecule has 0 fully saturated rings. The summed E-state index contributed by atoms with van der Waals surface area (Å²) in [4.78, 5) is 5.05. The average molecular weight is 446 g/mol. The molecule has 0 aliphatic heterocycles. The van der Waals surface area contributed by atoms with Gasteiger partial charge in [0.1, 0.15) is 18.1 Å². The summed E-state index contributed by atoms with van der Waals surface area (Å²) in [5.74, 6) is 2.24. The van der Waals surface area contributed by atoms with E-state index >= 15 is 0 Å². The molecule has 3 heteroatoms. The molecule has 0 saturated carbocycles. The second-order valence-corrected chi connectivity index (χ2v) is 9.36. The van der Waals surface area contributed by atoms with Crippen molar-refractivity contribution >= 4 is 0 Å². The maximum Gasteiger partial charge on any atom is 0.130 e.